The Morgan fingerprint density at radius 3 is 2.55 bits per heavy atom. The van der Waals surface area contributed by atoms with Crippen molar-refractivity contribution in [3.63, 3.8) is 0 Å². The second kappa shape index (κ2) is 9.97. The van der Waals surface area contributed by atoms with Gasteiger partial charge in [-0.3, -0.25) is 4.79 Å². The van der Waals surface area contributed by atoms with Crippen molar-refractivity contribution >= 4 is 17.1 Å². The van der Waals surface area contributed by atoms with Gasteiger partial charge in [-0.1, -0.05) is 24.3 Å². The zero-order chi connectivity index (χ0) is 27.0. The van der Waals surface area contributed by atoms with Crippen LogP contribution in [0.4, 0.5) is 13.2 Å². The lowest BCUT2D eigenvalue weighted by atomic mass is 9.99. The highest BCUT2D eigenvalue weighted by molar-refractivity contribution is 7.15. The van der Waals surface area contributed by atoms with Crippen molar-refractivity contribution < 1.29 is 18.0 Å². The molecule has 0 radical (unpaired) electrons. The third-order valence-corrected chi connectivity index (χ3v) is 7.23. The predicted molar refractivity (Wildman–Crippen MR) is 138 cm³/mol. The second-order valence-electron chi connectivity index (χ2n) is 8.93. The van der Waals surface area contributed by atoms with Crippen LogP contribution in [0.15, 0.2) is 61.3 Å². The lowest BCUT2D eigenvalue weighted by molar-refractivity contribution is -0.137. The first-order valence-electron chi connectivity index (χ1n) is 11.8. The molecule has 0 aliphatic carbocycles. The van der Waals surface area contributed by atoms with E-state index < -0.39 is 17.5 Å². The Hall–Kier alpha value is -4.12. The highest BCUT2D eigenvalue weighted by Gasteiger charge is 2.32. The minimum atomic E-state index is -4.60. The maximum Gasteiger partial charge on any atom is 0.416 e. The summed E-state index contributed by atoms with van der Waals surface area (Å²) in [5.74, 6) is -0.431. The molecule has 38 heavy (non-hydrogen) atoms. The van der Waals surface area contributed by atoms with E-state index >= 15 is 0 Å². The number of hydrogen-bond donors (Lipinski definition) is 0. The molecule has 0 atom stereocenters. The van der Waals surface area contributed by atoms with Gasteiger partial charge in [0.2, 0.25) is 0 Å². The van der Waals surface area contributed by atoms with Gasteiger partial charge < -0.3 is 4.57 Å². The summed E-state index contributed by atoms with van der Waals surface area (Å²) in [5.41, 5.74) is 2.94. The minimum absolute atomic E-state index is 0.0248. The van der Waals surface area contributed by atoms with Gasteiger partial charge in [0.25, 0.3) is 0 Å². The van der Waals surface area contributed by atoms with Gasteiger partial charge in [-0.15, -0.1) is 16.4 Å². The molecule has 0 saturated carbocycles. The number of thiazole rings is 1. The number of nitrogens with zero attached hydrogens (tertiary/aromatic N) is 6. The minimum Gasteiger partial charge on any atom is -0.306 e. The van der Waals surface area contributed by atoms with Crippen LogP contribution in [-0.4, -0.2) is 35.3 Å². The Labute approximate surface area is 220 Å². The summed E-state index contributed by atoms with van der Waals surface area (Å²) in [7, 11) is 0. The Morgan fingerprint density at radius 2 is 1.87 bits per heavy atom. The monoisotopic (exact) mass is 536 g/mol. The quantitative estimate of drug-likeness (QED) is 0.232. The molecule has 0 saturated heterocycles. The average molecular weight is 537 g/mol. The molecule has 0 bridgehead atoms. The summed E-state index contributed by atoms with van der Waals surface area (Å²) in [5, 5.41) is 9.52. The number of hydrogen-bond acceptors (Lipinski definition) is 6. The first-order valence-corrected chi connectivity index (χ1v) is 12.7. The Morgan fingerprint density at radius 1 is 1.05 bits per heavy atom. The molecule has 0 unspecified atom stereocenters. The third kappa shape index (κ3) is 5.28. The molecular formula is C27H23F3N6OS. The molecular weight excluding hydrogens is 513 g/mol. The second-order valence-corrected chi connectivity index (χ2v) is 10.0. The number of imidazole rings is 1. The largest absolute Gasteiger partial charge is 0.416 e. The van der Waals surface area contributed by atoms with Gasteiger partial charge in [-0.05, 0) is 55.7 Å². The molecule has 194 valence electrons. The SMILES string of the molecule is CCc1ncc(-c2cn(-c3cc(CC(=O)c4cc(-n5cnc(C)c5)cc(C(F)(F)F)c4)ccc3C)nn2)s1. The van der Waals surface area contributed by atoms with Gasteiger partial charge in [0.05, 0.1) is 39.4 Å². The Kier molecular flexibility index (Phi) is 6.70. The molecule has 5 aromatic rings. The first-order chi connectivity index (χ1) is 18.1. The van der Waals surface area contributed by atoms with Crippen LogP contribution in [0.5, 0.6) is 0 Å². The van der Waals surface area contributed by atoms with Crippen LogP contribution < -0.4 is 0 Å². The van der Waals surface area contributed by atoms with Crippen LogP contribution in [0.1, 0.15) is 44.7 Å². The smallest absolute Gasteiger partial charge is 0.306 e. The summed E-state index contributed by atoms with van der Waals surface area (Å²) in [4.78, 5) is 22.6. The number of carbonyl (C=O) groups is 1. The number of benzene rings is 2. The molecule has 3 heterocycles. The zero-order valence-electron chi connectivity index (χ0n) is 20.8. The number of rotatable bonds is 7. The van der Waals surface area contributed by atoms with Crippen LogP contribution in [-0.2, 0) is 19.0 Å². The molecule has 11 heteroatoms. The van der Waals surface area contributed by atoms with E-state index in [4.69, 9.17) is 0 Å². The van der Waals surface area contributed by atoms with Crippen molar-refractivity contribution in [3.05, 3.63) is 94.3 Å². The van der Waals surface area contributed by atoms with E-state index in [1.165, 1.54) is 17.0 Å². The molecule has 0 N–H and O–H groups in total. The van der Waals surface area contributed by atoms with Gasteiger partial charge in [0, 0.05) is 30.1 Å². The lowest BCUT2D eigenvalue weighted by Crippen LogP contribution is -2.11. The normalized spacial score (nSPS) is 11.7. The van der Waals surface area contributed by atoms with E-state index in [0.29, 0.717) is 17.0 Å². The van der Waals surface area contributed by atoms with Crippen LogP contribution in [0.25, 0.3) is 21.9 Å². The summed E-state index contributed by atoms with van der Waals surface area (Å²) in [6.07, 6.45) is 2.76. The van der Waals surface area contributed by atoms with E-state index in [1.54, 1.807) is 47.6 Å². The highest BCUT2D eigenvalue weighted by Crippen LogP contribution is 2.32. The summed E-state index contributed by atoms with van der Waals surface area (Å²) >= 11 is 1.55. The third-order valence-electron chi connectivity index (χ3n) is 6.06. The van der Waals surface area contributed by atoms with Crippen molar-refractivity contribution in [1.82, 2.24) is 29.5 Å². The van der Waals surface area contributed by atoms with Crippen LogP contribution in [0.3, 0.4) is 0 Å². The molecule has 7 nitrogen and oxygen atoms in total. The van der Waals surface area contributed by atoms with Crippen LogP contribution >= 0.6 is 11.3 Å². The number of carbonyl (C=O) groups excluding carboxylic acids is 1. The zero-order valence-corrected chi connectivity index (χ0v) is 21.6. The standard InChI is InChI=1S/C27H23F3N6OS/c1-4-26-31-12-25(38-26)22-14-36(34-33-22)23-7-18(6-5-16(23)2)8-24(37)19-9-20(27(28,29)30)11-21(10-19)35-13-17(3)32-15-35/h5-7,9-15H,4,8H2,1-3H3. The highest BCUT2D eigenvalue weighted by atomic mass is 32.1. The number of aromatic nitrogens is 6. The van der Waals surface area contributed by atoms with Crippen molar-refractivity contribution in [2.24, 2.45) is 0 Å². The van der Waals surface area contributed by atoms with Gasteiger partial charge in [0.15, 0.2) is 5.78 Å². The molecule has 0 spiro atoms. The summed E-state index contributed by atoms with van der Waals surface area (Å²) in [6, 6.07) is 8.82. The number of aryl methyl sites for hydroxylation is 3. The van der Waals surface area contributed by atoms with Gasteiger partial charge in [-0.2, -0.15) is 13.2 Å². The van der Waals surface area contributed by atoms with E-state index in [9.17, 15) is 18.0 Å². The summed E-state index contributed by atoms with van der Waals surface area (Å²) in [6.45, 7) is 5.69. The molecule has 0 fully saturated rings. The fourth-order valence-electron chi connectivity index (χ4n) is 4.03. The maximum absolute atomic E-state index is 13.6. The predicted octanol–water partition coefficient (Wildman–Crippen LogP) is 6.20. The molecule has 5 rings (SSSR count). The number of Topliss-reactive ketones (excluding diaryl/α,β-unsaturated/α-hetero) is 1. The molecule has 3 aromatic heterocycles. The molecule has 0 amide bonds. The van der Waals surface area contributed by atoms with Crippen LogP contribution in [0.2, 0.25) is 0 Å². The first kappa shape index (κ1) is 25.5. The van der Waals surface area contributed by atoms with E-state index in [1.807, 2.05) is 26.0 Å². The van der Waals surface area contributed by atoms with Crippen LogP contribution in [0, 0.1) is 13.8 Å². The Balaban J connectivity index is 1.44. The molecule has 0 aliphatic rings. The maximum atomic E-state index is 13.6. The Bertz CT molecular complexity index is 1630. The fraction of sp³-hybridized carbons (Fsp3) is 0.222. The van der Waals surface area contributed by atoms with Crippen molar-refractivity contribution in [3.8, 4) is 21.9 Å². The van der Waals surface area contributed by atoms with E-state index in [2.05, 4.69) is 20.3 Å². The fourth-order valence-corrected chi connectivity index (χ4v) is 4.84. The topological polar surface area (TPSA) is 78.5 Å². The van der Waals surface area contributed by atoms with Gasteiger partial charge in [0.1, 0.15) is 5.69 Å². The average Bonchev–Trinajstić information content (AvgIpc) is 3.65. The van der Waals surface area contributed by atoms with Gasteiger partial charge >= 0.3 is 6.18 Å². The molecule has 2 aromatic carbocycles. The van der Waals surface area contributed by atoms with Gasteiger partial charge in [-0.25, -0.2) is 14.6 Å². The number of ketones is 1. The van der Waals surface area contributed by atoms with Crippen molar-refractivity contribution in [2.45, 2.75) is 39.8 Å². The van der Waals surface area contributed by atoms with Crippen molar-refractivity contribution in [2.75, 3.05) is 0 Å². The van der Waals surface area contributed by atoms with E-state index in [-0.39, 0.29) is 17.7 Å². The molecule has 0 aliphatic heterocycles. The summed E-state index contributed by atoms with van der Waals surface area (Å²) < 4.78 is 44.0. The lowest BCUT2D eigenvalue weighted by Gasteiger charge is -2.13. The van der Waals surface area contributed by atoms with Crippen molar-refractivity contribution in [1.29, 1.82) is 0 Å². The number of alkyl halides is 3. The van der Waals surface area contributed by atoms with E-state index in [0.717, 1.165) is 39.7 Å². The number of halogens is 3.